The lowest BCUT2D eigenvalue weighted by atomic mass is 10.2. The second-order valence-electron chi connectivity index (χ2n) is 3.44. The van der Waals surface area contributed by atoms with Crippen molar-refractivity contribution >= 4 is 23.5 Å². The molecule has 0 saturated carbocycles. The van der Waals surface area contributed by atoms with Gasteiger partial charge in [0, 0.05) is 10.6 Å². The molecule has 0 aliphatic rings. The Bertz CT molecular complexity index is 523. The fourth-order valence-corrected chi connectivity index (χ4v) is 1.48. The van der Waals surface area contributed by atoms with Gasteiger partial charge in [0.25, 0.3) is 0 Å². The molecule has 0 bridgehead atoms. The smallest absolute Gasteiger partial charge is 0.115 e. The first kappa shape index (κ1) is 11.5. The van der Waals surface area contributed by atoms with Gasteiger partial charge in [0.1, 0.15) is 5.75 Å². The van der Waals surface area contributed by atoms with E-state index in [1.807, 2.05) is 24.3 Å². The first-order valence-corrected chi connectivity index (χ1v) is 5.46. The molecule has 2 N–H and O–H groups in total. The molecule has 2 rings (SSSR count). The van der Waals surface area contributed by atoms with Gasteiger partial charge in [-0.25, -0.2) is 0 Å². The van der Waals surface area contributed by atoms with Crippen molar-refractivity contribution in [3.05, 3.63) is 59.1 Å². The summed E-state index contributed by atoms with van der Waals surface area (Å²) in [5.74, 6) is 0.227. The third-order valence-electron chi connectivity index (χ3n) is 2.17. The average molecular weight is 247 g/mol. The summed E-state index contributed by atoms with van der Waals surface area (Å²) in [6, 6.07) is 14.1. The van der Waals surface area contributed by atoms with E-state index in [1.54, 1.807) is 30.5 Å². The fraction of sp³-hybridized carbons (Fsp3) is 0. The number of rotatable bonds is 3. The van der Waals surface area contributed by atoms with Gasteiger partial charge in [-0.2, -0.15) is 5.10 Å². The average Bonchev–Trinajstić information content (AvgIpc) is 2.34. The van der Waals surface area contributed by atoms with Crippen LogP contribution in [0.15, 0.2) is 53.6 Å². The Kier molecular flexibility index (Phi) is 3.62. The maximum atomic E-state index is 9.11. The lowest BCUT2D eigenvalue weighted by Gasteiger charge is -2.00. The van der Waals surface area contributed by atoms with Crippen molar-refractivity contribution in [2.75, 3.05) is 5.43 Å². The van der Waals surface area contributed by atoms with Gasteiger partial charge < -0.3 is 5.11 Å². The van der Waals surface area contributed by atoms with Gasteiger partial charge >= 0.3 is 0 Å². The van der Waals surface area contributed by atoms with Gasteiger partial charge in [-0.15, -0.1) is 0 Å². The number of aromatic hydroxyl groups is 1. The summed E-state index contributed by atoms with van der Waals surface area (Å²) >= 11 is 5.97. The number of anilines is 1. The number of hydrogen-bond acceptors (Lipinski definition) is 3. The molecular formula is C13H11ClN2O. The highest BCUT2D eigenvalue weighted by Gasteiger charge is 1.94. The standard InChI is InChI=1S/C13H11ClN2O/c14-13-4-2-1-3-10(13)9-15-16-11-5-7-12(17)8-6-11/h1-9,16-17H/b15-9+. The van der Waals surface area contributed by atoms with Crippen LogP contribution in [0.3, 0.4) is 0 Å². The molecule has 3 nitrogen and oxygen atoms in total. The number of nitrogens with one attached hydrogen (secondary N) is 1. The molecule has 17 heavy (non-hydrogen) atoms. The van der Waals surface area contributed by atoms with Crippen LogP contribution in [-0.4, -0.2) is 11.3 Å². The number of benzene rings is 2. The third kappa shape index (κ3) is 3.23. The van der Waals surface area contributed by atoms with Crippen LogP contribution in [0.25, 0.3) is 0 Å². The predicted octanol–water partition coefficient (Wildman–Crippen LogP) is 3.49. The number of nitrogens with zero attached hydrogens (tertiary/aromatic N) is 1. The molecule has 0 aliphatic carbocycles. The summed E-state index contributed by atoms with van der Waals surface area (Å²) in [6.07, 6.45) is 1.65. The molecule has 0 spiro atoms. The van der Waals surface area contributed by atoms with Crippen LogP contribution in [0.4, 0.5) is 5.69 Å². The monoisotopic (exact) mass is 246 g/mol. The van der Waals surface area contributed by atoms with E-state index in [2.05, 4.69) is 10.5 Å². The summed E-state index contributed by atoms with van der Waals surface area (Å²) in [7, 11) is 0. The van der Waals surface area contributed by atoms with Crippen LogP contribution in [0.5, 0.6) is 5.75 Å². The minimum Gasteiger partial charge on any atom is -0.508 e. The summed E-state index contributed by atoms with van der Waals surface area (Å²) in [6.45, 7) is 0. The van der Waals surface area contributed by atoms with Crippen LogP contribution in [-0.2, 0) is 0 Å². The zero-order chi connectivity index (χ0) is 12.1. The van der Waals surface area contributed by atoms with E-state index in [-0.39, 0.29) is 5.75 Å². The normalized spacial score (nSPS) is 10.6. The lowest BCUT2D eigenvalue weighted by Crippen LogP contribution is -1.90. The molecule has 0 aliphatic heterocycles. The van der Waals surface area contributed by atoms with Crippen LogP contribution in [0.1, 0.15) is 5.56 Å². The molecule has 2 aromatic carbocycles. The van der Waals surface area contributed by atoms with Crippen molar-refractivity contribution in [2.24, 2.45) is 5.10 Å². The maximum Gasteiger partial charge on any atom is 0.115 e. The molecule has 0 amide bonds. The van der Waals surface area contributed by atoms with Gasteiger partial charge in [0.2, 0.25) is 0 Å². The third-order valence-corrected chi connectivity index (χ3v) is 2.51. The van der Waals surface area contributed by atoms with E-state index in [9.17, 15) is 0 Å². The highest BCUT2D eigenvalue weighted by Crippen LogP contribution is 2.14. The number of phenolic OH excluding ortho intramolecular Hbond substituents is 1. The van der Waals surface area contributed by atoms with E-state index in [0.29, 0.717) is 5.02 Å². The van der Waals surface area contributed by atoms with E-state index in [0.717, 1.165) is 11.3 Å². The van der Waals surface area contributed by atoms with E-state index in [4.69, 9.17) is 16.7 Å². The molecular weight excluding hydrogens is 236 g/mol. The molecule has 0 aromatic heterocycles. The van der Waals surface area contributed by atoms with Crippen molar-refractivity contribution in [3.63, 3.8) is 0 Å². The Morgan fingerprint density at radius 2 is 1.76 bits per heavy atom. The van der Waals surface area contributed by atoms with Gasteiger partial charge in [-0.3, -0.25) is 5.43 Å². The summed E-state index contributed by atoms with van der Waals surface area (Å²) in [5, 5.41) is 13.8. The van der Waals surface area contributed by atoms with Crippen molar-refractivity contribution in [2.45, 2.75) is 0 Å². The SMILES string of the molecule is Oc1ccc(N/N=C/c2ccccc2Cl)cc1. The van der Waals surface area contributed by atoms with Crippen molar-refractivity contribution in [3.8, 4) is 5.75 Å². The Balaban J connectivity index is 2.03. The number of hydrogen-bond donors (Lipinski definition) is 2. The van der Waals surface area contributed by atoms with Gasteiger partial charge in [-0.05, 0) is 30.3 Å². The Hall–Kier alpha value is -2.00. The molecule has 0 unspecified atom stereocenters. The number of phenols is 1. The molecule has 0 saturated heterocycles. The van der Waals surface area contributed by atoms with E-state index >= 15 is 0 Å². The first-order chi connectivity index (χ1) is 8.25. The minimum atomic E-state index is 0.227. The predicted molar refractivity (Wildman–Crippen MR) is 70.8 cm³/mol. The molecule has 2 aromatic rings. The number of hydrazone groups is 1. The molecule has 0 radical (unpaired) electrons. The Morgan fingerprint density at radius 1 is 1.06 bits per heavy atom. The van der Waals surface area contributed by atoms with Crippen LogP contribution >= 0.6 is 11.6 Å². The van der Waals surface area contributed by atoms with Gasteiger partial charge in [-0.1, -0.05) is 29.8 Å². The summed E-state index contributed by atoms with van der Waals surface area (Å²) < 4.78 is 0. The summed E-state index contributed by atoms with van der Waals surface area (Å²) in [5.41, 5.74) is 4.49. The molecule has 4 heteroatoms. The van der Waals surface area contributed by atoms with Crippen molar-refractivity contribution < 1.29 is 5.11 Å². The minimum absolute atomic E-state index is 0.227. The molecule has 0 fully saturated rings. The zero-order valence-corrected chi connectivity index (χ0v) is 9.72. The highest BCUT2D eigenvalue weighted by atomic mass is 35.5. The van der Waals surface area contributed by atoms with Crippen LogP contribution < -0.4 is 5.43 Å². The molecule has 0 atom stereocenters. The van der Waals surface area contributed by atoms with Crippen molar-refractivity contribution in [1.82, 2.24) is 0 Å². The first-order valence-electron chi connectivity index (χ1n) is 5.08. The van der Waals surface area contributed by atoms with Gasteiger partial charge in [0.15, 0.2) is 0 Å². The second-order valence-corrected chi connectivity index (χ2v) is 3.85. The lowest BCUT2D eigenvalue weighted by molar-refractivity contribution is 0.475. The van der Waals surface area contributed by atoms with E-state index < -0.39 is 0 Å². The Labute approximate surface area is 104 Å². The Morgan fingerprint density at radius 3 is 2.47 bits per heavy atom. The number of halogens is 1. The largest absolute Gasteiger partial charge is 0.508 e. The molecule has 0 heterocycles. The summed E-state index contributed by atoms with van der Waals surface area (Å²) in [4.78, 5) is 0. The second kappa shape index (κ2) is 5.37. The van der Waals surface area contributed by atoms with Gasteiger partial charge in [0.05, 0.1) is 11.9 Å². The van der Waals surface area contributed by atoms with Crippen LogP contribution in [0.2, 0.25) is 5.02 Å². The van der Waals surface area contributed by atoms with Crippen LogP contribution in [0, 0.1) is 0 Å². The maximum absolute atomic E-state index is 9.11. The quantitative estimate of drug-likeness (QED) is 0.495. The van der Waals surface area contributed by atoms with Crippen molar-refractivity contribution in [1.29, 1.82) is 0 Å². The highest BCUT2D eigenvalue weighted by molar-refractivity contribution is 6.33. The topological polar surface area (TPSA) is 44.6 Å². The molecule has 86 valence electrons. The van der Waals surface area contributed by atoms with E-state index in [1.165, 1.54) is 0 Å². The zero-order valence-electron chi connectivity index (χ0n) is 8.97. The fourth-order valence-electron chi connectivity index (χ4n) is 1.29.